The van der Waals surface area contributed by atoms with Crippen molar-refractivity contribution in [1.82, 2.24) is 0 Å². The van der Waals surface area contributed by atoms with E-state index < -0.39 is 12.9 Å². The molecule has 0 radical (unpaired) electrons. The molecule has 1 aromatic rings. The van der Waals surface area contributed by atoms with Gasteiger partial charge in [0, 0.05) is 15.7 Å². The molecule has 17 heavy (non-hydrogen) atoms. The molecule has 0 spiro atoms. The van der Waals surface area contributed by atoms with Gasteiger partial charge in [0.15, 0.2) is 5.06 Å². The summed E-state index contributed by atoms with van der Waals surface area (Å²) >= 11 is 9.16. The summed E-state index contributed by atoms with van der Waals surface area (Å²) in [6.45, 7) is 0.361. The minimum absolute atomic E-state index is 0.361. The Hall–Kier alpha value is -0.140. The number of nitrogens with one attached hydrogen (secondary N) is 1. The fraction of sp³-hybridized carbons (Fsp3) is 0.250. The SMILES string of the molecule is O=P(O)(O)O.OC1(Cl)CNc2ccc(Br)cc21. The number of halogens is 2. The van der Waals surface area contributed by atoms with E-state index in [1.54, 1.807) is 0 Å². The van der Waals surface area contributed by atoms with E-state index in [0.29, 0.717) is 6.54 Å². The Morgan fingerprint density at radius 3 is 2.47 bits per heavy atom. The van der Waals surface area contributed by atoms with Gasteiger partial charge in [-0.15, -0.1) is 0 Å². The number of rotatable bonds is 0. The zero-order valence-corrected chi connectivity index (χ0v) is 11.6. The number of hydrogen-bond acceptors (Lipinski definition) is 3. The van der Waals surface area contributed by atoms with Crippen LogP contribution >= 0.6 is 35.4 Å². The fourth-order valence-electron chi connectivity index (χ4n) is 1.30. The summed E-state index contributed by atoms with van der Waals surface area (Å²) in [7, 11) is -4.64. The molecule has 96 valence electrons. The van der Waals surface area contributed by atoms with Gasteiger partial charge in [-0.2, -0.15) is 0 Å². The highest BCUT2D eigenvalue weighted by Gasteiger charge is 2.34. The Morgan fingerprint density at radius 1 is 1.41 bits per heavy atom. The minimum atomic E-state index is -4.64. The normalized spacial score (nSPS) is 22.2. The van der Waals surface area contributed by atoms with Crippen LogP contribution in [0.15, 0.2) is 22.7 Å². The largest absolute Gasteiger partial charge is 0.466 e. The van der Waals surface area contributed by atoms with Gasteiger partial charge in [0.25, 0.3) is 0 Å². The van der Waals surface area contributed by atoms with Gasteiger partial charge in [0.1, 0.15) is 0 Å². The first kappa shape index (κ1) is 14.9. The highest BCUT2D eigenvalue weighted by molar-refractivity contribution is 9.10. The van der Waals surface area contributed by atoms with Gasteiger partial charge in [0.05, 0.1) is 6.54 Å². The maximum absolute atomic E-state index is 9.65. The lowest BCUT2D eigenvalue weighted by Gasteiger charge is -2.12. The first-order valence-electron chi connectivity index (χ1n) is 4.33. The molecule has 0 bridgehead atoms. The monoisotopic (exact) mass is 345 g/mol. The summed E-state index contributed by atoms with van der Waals surface area (Å²) in [5.74, 6) is 0. The number of phosphoric acid groups is 1. The average Bonchev–Trinajstić information content (AvgIpc) is 2.40. The summed E-state index contributed by atoms with van der Waals surface area (Å²) in [6, 6.07) is 5.62. The van der Waals surface area contributed by atoms with Gasteiger partial charge in [0.2, 0.25) is 0 Å². The standard InChI is InChI=1S/C8H7BrClNO.H3O4P/c9-5-1-2-7-6(3-5)8(10,12)4-11-7;1-5(2,3)4/h1-3,11-12H,4H2;(H3,1,2,3,4). The van der Waals surface area contributed by atoms with Crippen LogP contribution in [0.5, 0.6) is 0 Å². The molecule has 6 nitrogen and oxygen atoms in total. The highest BCUT2D eigenvalue weighted by atomic mass is 79.9. The summed E-state index contributed by atoms with van der Waals surface area (Å²) in [6.07, 6.45) is 0. The molecule has 9 heteroatoms. The quantitative estimate of drug-likeness (QED) is 0.358. The van der Waals surface area contributed by atoms with Crippen molar-refractivity contribution < 1.29 is 24.4 Å². The molecule has 1 atom stereocenters. The molecule has 0 aromatic heterocycles. The van der Waals surface area contributed by atoms with Gasteiger partial charge in [-0.3, -0.25) is 0 Å². The van der Waals surface area contributed by atoms with Crippen molar-refractivity contribution in [2.75, 3.05) is 11.9 Å². The van der Waals surface area contributed by atoms with Crippen LogP contribution in [0.25, 0.3) is 0 Å². The topological polar surface area (TPSA) is 110 Å². The predicted molar refractivity (Wildman–Crippen MR) is 66.6 cm³/mol. The Morgan fingerprint density at radius 2 is 1.94 bits per heavy atom. The van der Waals surface area contributed by atoms with Gasteiger partial charge in [-0.25, -0.2) is 4.57 Å². The maximum Gasteiger partial charge on any atom is 0.466 e. The van der Waals surface area contributed by atoms with Crippen molar-refractivity contribution >= 4 is 41.0 Å². The summed E-state index contributed by atoms with van der Waals surface area (Å²) in [5, 5.41) is 11.4. The van der Waals surface area contributed by atoms with Crippen LogP contribution in [0.2, 0.25) is 0 Å². The Kier molecular flexibility index (Phi) is 4.60. The lowest BCUT2D eigenvalue weighted by Crippen LogP contribution is -2.19. The fourth-order valence-corrected chi connectivity index (χ4v) is 1.88. The number of fused-ring (bicyclic) bond motifs is 1. The molecule has 0 amide bonds. The zero-order valence-electron chi connectivity index (χ0n) is 8.34. The molecule has 2 rings (SSSR count). The van der Waals surface area contributed by atoms with Gasteiger partial charge < -0.3 is 25.1 Å². The first-order valence-corrected chi connectivity index (χ1v) is 7.07. The molecular weight excluding hydrogens is 336 g/mol. The summed E-state index contributed by atoms with van der Waals surface area (Å²) < 4.78 is 9.80. The second kappa shape index (κ2) is 5.24. The number of aliphatic hydroxyl groups is 1. The van der Waals surface area contributed by atoms with Crippen molar-refractivity contribution in [1.29, 1.82) is 0 Å². The molecule has 1 aromatic carbocycles. The summed E-state index contributed by atoms with van der Waals surface area (Å²) in [4.78, 5) is 21.6. The predicted octanol–water partition coefficient (Wildman–Crippen LogP) is 1.33. The van der Waals surface area contributed by atoms with Crippen LogP contribution in [0, 0.1) is 0 Å². The first-order chi connectivity index (χ1) is 7.59. The van der Waals surface area contributed by atoms with E-state index in [-0.39, 0.29) is 0 Å². The van der Waals surface area contributed by atoms with E-state index in [1.165, 1.54) is 0 Å². The molecule has 0 fully saturated rings. The van der Waals surface area contributed by atoms with Crippen molar-refractivity contribution in [3.8, 4) is 0 Å². The molecule has 1 unspecified atom stereocenters. The molecule has 0 saturated heterocycles. The van der Waals surface area contributed by atoms with Crippen LogP contribution < -0.4 is 5.32 Å². The van der Waals surface area contributed by atoms with Crippen LogP contribution in [0.4, 0.5) is 5.69 Å². The Bertz CT molecular complexity index is 455. The third-order valence-corrected chi connectivity index (χ3v) is 2.74. The van der Waals surface area contributed by atoms with Crippen molar-refractivity contribution in [3.63, 3.8) is 0 Å². The van der Waals surface area contributed by atoms with Crippen LogP contribution in [-0.2, 0) is 9.63 Å². The van der Waals surface area contributed by atoms with Crippen LogP contribution in [0.1, 0.15) is 5.56 Å². The van der Waals surface area contributed by atoms with Gasteiger partial charge >= 0.3 is 7.82 Å². The van der Waals surface area contributed by atoms with E-state index in [1.807, 2.05) is 18.2 Å². The van der Waals surface area contributed by atoms with E-state index in [9.17, 15) is 5.11 Å². The van der Waals surface area contributed by atoms with Gasteiger partial charge in [-0.1, -0.05) is 27.5 Å². The zero-order chi connectivity index (χ0) is 13.3. The third kappa shape index (κ3) is 4.93. The van der Waals surface area contributed by atoms with E-state index in [2.05, 4.69) is 21.2 Å². The molecule has 1 heterocycles. The van der Waals surface area contributed by atoms with Crippen LogP contribution in [-0.4, -0.2) is 26.3 Å². The Balaban J connectivity index is 0.000000249. The second-order valence-corrected chi connectivity index (χ2v) is 5.88. The minimum Gasteiger partial charge on any atom is -0.380 e. The molecule has 0 saturated carbocycles. The number of anilines is 1. The molecule has 1 aliphatic rings. The molecule has 0 aliphatic carbocycles. The smallest absolute Gasteiger partial charge is 0.380 e. The van der Waals surface area contributed by atoms with Crippen molar-refractivity contribution in [2.24, 2.45) is 0 Å². The number of β-amino-alcohol motifs (C(OH)–C–C–N with tert-alkyl or cyclic N) is 1. The number of benzene rings is 1. The second-order valence-electron chi connectivity index (χ2n) is 3.32. The number of hydrogen-bond donors (Lipinski definition) is 5. The average molecular weight is 347 g/mol. The van der Waals surface area contributed by atoms with Crippen LogP contribution in [0.3, 0.4) is 0 Å². The van der Waals surface area contributed by atoms with E-state index in [0.717, 1.165) is 15.7 Å². The third-order valence-electron chi connectivity index (χ3n) is 1.91. The maximum atomic E-state index is 9.65. The van der Waals surface area contributed by atoms with E-state index in [4.69, 9.17) is 30.8 Å². The summed E-state index contributed by atoms with van der Waals surface area (Å²) in [5.41, 5.74) is 1.63. The molecular formula is C8H10BrClNO5P. The molecule has 5 N–H and O–H groups in total. The molecule has 1 aliphatic heterocycles. The van der Waals surface area contributed by atoms with Gasteiger partial charge in [-0.05, 0) is 18.2 Å². The lowest BCUT2D eigenvalue weighted by molar-refractivity contribution is 0.151. The Labute approximate surface area is 111 Å². The van der Waals surface area contributed by atoms with E-state index >= 15 is 0 Å². The van der Waals surface area contributed by atoms with Crippen molar-refractivity contribution in [3.05, 3.63) is 28.2 Å². The number of alkyl halides is 1. The highest BCUT2D eigenvalue weighted by Crippen LogP contribution is 2.39. The van der Waals surface area contributed by atoms with Crippen molar-refractivity contribution in [2.45, 2.75) is 5.06 Å². The lowest BCUT2D eigenvalue weighted by atomic mass is 10.1.